The lowest BCUT2D eigenvalue weighted by molar-refractivity contribution is 0.0118. The number of likely N-dealkylation sites (N-methyl/N-ethyl adjacent to an activating group) is 1. The zero-order valence-corrected chi connectivity index (χ0v) is 13.7. The van der Waals surface area contributed by atoms with Gasteiger partial charge in [0.1, 0.15) is 6.10 Å². The van der Waals surface area contributed by atoms with Gasteiger partial charge in [-0.25, -0.2) is 4.79 Å². The zero-order valence-electron chi connectivity index (χ0n) is 13.7. The van der Waals surface area contributed by atoms with Crippen molar-refractivity contribution in [1.82, 2.24) is 4.90 Å². The Balaban J connectivity index is 1.74. The number of esters is 1. The highest BCUT2D eigenvalue weighted by Crippen LogP contribution is 2.52. The number of likely N-dealkylation sites (tertiary alicyclic amines) is 1. The van der Waals surface area contributed by atoms with E-state index in [2.05, 4.69) is 24.1 Å². The second-order valence-corrected chi connectivity index (χ2v) is 6.90. The molecule has 0 amide bonds. The summed E-state index contributed by atoms with van der Waals surface area (Å²) in [6, 6.07) is 3.94. The van der Waals surface area contributed by atoms with Crippen molar-refractivity contribution in [3.8, 4) is 11.5 Å². The average molecular weight is 329 g/mol. The van der Waals surface area contributed by atoms with E-state index in [1.54, 1.807) is 13.2 Å². The lowest BCUT2D eigenvalue weighted by Crippen LogP contribution is -2.52. The van der Waals surface area contributed by atoms with Gasteiger partial charge in [-0.15, -0.1) is 0 Å². The maximum Gasteiger partial charge on any atom is 0.338 e. The van der Waals surface area contributed by atoms with Crippen molar-refractivity contribution in [2.24, 2.45) is 0 Å². The van der Waals surface area contributed by atoms with Crippen LogP contribution in [-0.2, 0) is 14.9 Å². The van der Waals surface area contributed by atoms with Crippen molar-refractivity contribution in [3.05, 3.63) is 35.4 Å². The number of hydrogen-bond donors (Lipinski definition) is 0. The van der Waals surface area contributed by atoms with Gasteiger partial charge in [0, 0.05) is 19.7 Å². The molecule has 3 aliphatic heterocycles. The van der Waals surface area contributed by atoms with Gasteiger partial charge in [0.2, 0.25) is 6.79 Å². The van der Waals surface area contributed by atoms with E-state index in [9.17, 15) is 4.79 Å². The van der Waals surface area contributed by atoms with Gasteiger partial charge in [0.05, 0.1) is 17.1 Å². The smallest absolute Gasteiger partial charge is 0.338 e. The molecule has 1 aliphatic carbocycles. The first-order chi connectivity index (χ1) is 11.6. The average Bonchev–Trinajstić information content (AvgIpc) is 3.16. The number of benzene rings is 1. The lowest BCUT2D eigenvalue weighted by atomic mass is 9.65. The quantitative estimate of drug-likeness (QED) is 0.575. The molecule has 2 unspecified atom stereocenters. The van der Waals surface area contributed by atoms with E-state index in [1.807, 2.05) is 6.07 Å². The van der Waals surface area contributed by atoms with Crippen LogP contribution in [0.3, 0.4) is 0 Å². The van der Waals surface area contributed by atoms with E-state index in [1.165, 1.54) is 0 Å². The molecule has 126 valence electrons. The highest BCUT2D eigenvalue weighted by Gasteiger charge is 2.60. The summed E-state index contributed by atoms with van der Waals surface area (Å²) in [7, 11) is 3.81. The van der Waals surface area contributed by atoms with E-state index in [4.69, 9.17) is 18.9 Å². The lowest BCUT2D eigenvalue weighted by Gasteiger charge is -2.44. The van der Waals surface area contributed by atoms with Crippen molar-refractivity contribution in [3.63, 3.8) is 0 Å². The summed E-state index contributed by atoms with van der Waals surface area (Å²) >= 11 is 0. The minimum absolute atomic E-state index is 0.0805. The number of carbonyl (C=O) groups excluding carboxylic acids is 1. The van der Waals surface area contributed by atoms with Gasteiger partial charge in [-0.2, -0.15) is 0 Å². The molecule has 6 heteroatoms. The second kappa shape index (κ2) is 4.74. The van der Waals surface area contributed by atoms with Gasteiger partial charge < -0.3 is 18.9 Å². The second-order valence-electron chi connectivity index (χ2n) is 6.90. The Morgan fingerprint density at radius 1 is 1.29 bits per heavy atom. The van der Waals surface area contributed by atoms with Gasteiger partial charge in [-0.1, -0.05) is 12.2 Å². The molecule has 0 N–H and O–H groups in total. The van der Waals surface area contributed by atoms with E-state index < -0.39 is 0 Å². The number of nitrogens with zero attached hydrogens (tertiary/aromatic N) is 1. The first-order valence-electron chi connectivity index (χ1n) is 8.21. The van der Waals surface area contributed by atoms with E-state index in [-0.39, 0.29) is 36.4 Å². The van der Waals surface area contributed by atoms with Gasteiger partial charge in [-0.05, 0) is 31.2 Å². The number of rotatable bonds is 1. The van der Waals surface area contributed by atoms with Crippen LogP contribution in [0.1, 0.15) is 22.3 Å². The van der Waals surface area contributed by atoms with Gasteiger partial charge >= 0.3 is 5.97 Å². The number of fused-ring (bicyclic) bond motifs is 2. The molecule has 4 aliphatic rings. The zero-order chi connectivity index (χ0) is 16.5. The number of carbonyl (C=O) groups is 1. The summed E-state index contributed by atoms with van der Waals surface area (Å²) < 4.78 is 22.4. The molecule has 0 aromatic heterocycles. The van der Waals surface area contributed by atoms with Crippen LogP contribution in [0.5, 0.6) is 11.5 Å². The fraction of sp³-hybridized carbons (Fsp3) is 0.500. The molecule has 1 aromatic carbocycles. The summed E-state index contributed by atoms with van der Waals surface area (Å²) in [6.45, 7) is 0.902. The van der Waals surface area contributed by atoms with Gasteiger partial charge in [-0.3, -0.25) is 4.90 Å². The first kappa shape index (κ1) is 14.3. The molecule has 0 radical (unpaired) electrons. The Morgan fingerprint density at radius 3 is 2.88 bits per heavy atom. The summed E-state index contributed by atoms with van der Waals surface area (Å²) in [5.74, 6) is 1.03. The maximum atomic E-state index is 12.5. The number of methoxy groups -OCH3 is 1. The van der Waals surface area contributed by atoms with Crippen molar-refractivity contribution >= 4 is 5.97 Å². The van der Waals surface area contributed by atoms with Crippen LogP contribution in [-0.4, -0.2) is 56.6 Å². The monoisotopic (exact) mass is 329 g/mol. The fourth-order valence-electron chi connectivity index (χ4n) is 4.69. The third-order valence-electron chi connectivity index (χ3n) is 5.86. The van der Waals surface area contributed by atoms with Gasteiger partial charge in [0.15, 0.2) is 11.5 Å². The summed E-state index contributed by atoms with van der Waals surface area (Å²) in [4.78, 5) is 14.8. The highest BCUT2D eigenvalue weighted by molar-refractivity contribution is 5.94. The van der Waals surface area contributed by atoms with Crippen molar-refractivity contribution in [2.75, 3.05) is 27.5 Å². The van der Waals surface area contributed by atoms with Gasteiger partial charge in [0.25, 0.3) is 0 Å². The van der Waals surface area contributed by atoms with E-state index >= 15 is 0 Å². The van der Waals surface area contributed by atoms with Crippen molar-refractivity contribution < 1.29 is 23.7 Å². The van der Waals surface area contributed by atoms with E-state index in [0.717, 1.165) is 12.0 Å². The summed E-state index contributed by atoms with van der Waals surface area (Å²) in [5, 5.41) is 0. The maximum absolute atomic E-state index is 12.5. The Labute approximate surface area is 139 Å². The van der Waals surface area contributed by atoms with Crippen LogP contribution >= 0.6 is 0 Å². The minimum atomic E-state index is -0.353. The summed E-state index contributed by atoms with van der Waals surface area (Å²) in [6.07, 6.45) is 5.03. The molecular weight excluding hydrogens is 310 g/mol. The SMILES string of the molecule is CO[C@@H]1C=CC23c4cc5c(cc4C(=O)OC2CN(C)[C@H]3C1)OCO5. The predicted octanol–water partition coefficient (Wildman–Crippen LogP) is 1.48. The Bertz CT molecular complexity index is 760. The molecule has 24 heavy (non-hydrogen) atoms. The molecule has 3 heterocycles. The standard InChI is InChI=1S/C18H19NO5/c1-19-8-16-18(4-3-10(21-2)5-15(18)19)12-7-14-13(22-9-23-14)6-11(12)17(20)24-16/h3-4,6-7,10,15-16H,5,8-9H2,1-2H3/t10-,15+,16?,18?/m1/s1. The topological polar surface area (TPSA) is 57.2 Å². The van der Waals surface area contributed by atoms with Crippen LogP contribution < -0.4 is 9.47 Å². The Kier molecular flexibility index (Phi) is 2.82. The molecule has 6 nitrogen and oxygen atoms in total. The molecule has 1 saturated heterocycles. The normalized spacial score (nSPS) is 36.1. The third kappa shape index (κ3) is 1.65. The highest BCUT2D eigenvalue weighted by atomic mass is 16.7. The van der Waals surface area contributed by atoms with Crippen LogP contribution in [0.2, 0.25) is 0 Å². The third-order valence-corrected chi connectivity index (χ3v) is 5.86. The molecule has 1 aromatic rings. The molecule has 1 fully saturated rings. The fourth-order valence-corrected chi connectivity index (χ4v) is 4.69. The van der Waals surface area contributed by atoms with Crippen LogP contribution in [0.15, 0.2) is 24.3 Å². The molecule has 0 saturated carbocycles. The minimum Gasteiger partial charge on any atom is -0.456 e. The molecule has 4 atom stereocenters. The first-order valence-corrected chi connectivity index (χ1v) is 8.21. The largest absolute Gasteiger partial charge is 0.456 e. The number of hydrogen-bond acceptors (Lipinski definition) is 6. The van der Waals surface area contributed by atoms with Crippen LogP contribution in [0, 0.1) is 0 Å². The van der Waals surface area contributed by atoms with E-state index in [0.29, 0.717) is 23.6 Å². The predicted molar refractivity (Wildman–Crippen MR) is 84.4 cm³/mol. The Morgan fingerprint density at radius 2 is 2.08 bits per heavy atom. The Hall–Kier alpha value is -2.05. The van der Waals surface area contributed by atoms with Crippen molar-refractivity contribution in [1.29, 1.82) is 0 Å². The number of ether oxygens (including phenoxy) is 4. The summed E-state index contributed by atoms with van der Waals surface area (Å²) in [5.41, 5.74) is 1.21. The molecule has 0 bridgehead atoms. The van der Waals surface area contributed by atoms with Crippen molar-refractivity contribution in [2.45, 2.75) is 30.1 Å². The molecule has 5 rings (SSSR count). The van der Waals surface area contributed by atoms with Crippen LogP contribution in [0.25, 0.3) is 0 Å². The molecular formula is C18H19NO5. The van der Waals surface area contributed by atoms with Crippen LogP contribution in [0.4, 0.5) is 0 Å². The molecule has 1 spiro atoms.